The Bertz CT molecular complexity index is 879. The Morgan fingerprint density at radius 3 is 2.45 bits per heavy atom. The van der Waals surface area contributed by atoms with E-state index in [-0.39, 0.29) is 0 Å². The lowest BCUT2D eigenvalue weighted by Crippen LogP contribution is -2.11. The van der Waals surface area contributed by atoms with Crippen molar-refractivity contribution in [3.8, 4) is 11.1 Å². The number of hydrogen-bond acceptors (Lipinski definition) is 1. The molecule has 98 valence electrons. The van der Waals surface area contributed by atoms with E-state index in [1.54, 1.807) is 0 Å². The van der Waals surface area contributed by atoms with Crippen molar-refractivity contribution < 1.29 is 4.57 Å². The van der Waals surface area contributed by atoms with Crippen LogP contribution in [-0.2, 0) is 4.57 Å². The van der Waals surface area contributed by atoms with Crippen molar-refractivity contribution in [3.05, 3.63) is 60.7 Å². The van der Waals surface area contributed by atoms with Crippen LogP contribution in [-0.4, -0.2) is 6.16 Å². The quantitative estimate of drug-likeness (QED) is 0.611. The minimum Gasteiger partial charge on any atom is -0.314 e. The summed E-state index contributed by atoms with van der Waals surface area (Å²) >= 11 is 0. The van der Waals surface area contributed by atoms with Gasteiger partial charge in [0.2, 0.25) is 0 Å². The van der Waals surface area contributed by atoms with E-state index in [4.69, 9.17) is 0 Å². The monoisotopic (exact) mass is 278 g/mol. The molecule has 0 saturated carbocycles. The predicted octanol–water partition coefficient (Wildman–Crippen LogP) is 4.15. The van der Waals surface area contributed by atoms with E-state index in [1.165, 1.54) is 16.3 Å². The average molecular weight is 278 g/mol. The van der Waals surface area contributed by atoms with Gasteiger partial charge in [-0.3, -0.25) is 0 Å². The summed E-state index contributed by atoms with van der Waals surface area (Å²) in [7, 11) is -2.44. The summed E-state index contributed by atoms with van der Waals surface area (Å²) in [6, 6.07) is 20.7. The van der Waals surface area contributed by atoms with Gasteiger partial charge in [0.1, 0.15) is 7.14 Å². The van der Waals surface area contributed by atoms with Crippen molar-refractivity contribution >= 4 is 28.5 Å². The molecule has 0 aromatic heterocycles. The van der Waals surface area contributed by atoms with Crippen LogP contribution in [0.25, 0.3) is 21.9 Å². The van der Waals surface area contributed by atoms with E-state index in [0.717, 1.165) is 16.2 Å². The first-order chi connectivity index (χ1) is 9.75. The first kappa shape index (κ1) is 11.9. The van der Waals surface area contributed by atoms with Crippen LogP contribution in [0.1, 0.15) is 6.92 Å². The maximum atomic E-state index is 13.5. The number of fused-ring (bicyclic) bond motifs is 5. The zero-order chi connectivity index (χ0) is 13.7. The molecular formula is C18H15OP. The first-order valence-corrected chi connectivity index (χ1v) is 8.86. The molecule has 1 aliphatic heterocycles. The van der Waals surface area contributed by atoms with Gasteiger partial charge in [-0.15, -0.1) is 0 Å². The Kier molecular flexibility index (Phi) is 2.43. The summed E-state index contributed by atoms with van der Waals surface area (Å²) in [6.45, 7) is 2.03. The molecule has 0 fully saturated rings. The lowest BCUT2D eigenvalue weighted by atomic mass is 9.98. The smallest absolute Gasteiger partial charge is 0.144 e. The molecule has 1 unspecified atom stereocenters. The van der Waals surface area contributed by atoms with Crippen molar-refractivity contribution in [1.29, 1.82) is 0 Å². The van der Waals surface area contributed by atoms with Crippen molar-refractivity contribution in [3.63, 3.8) is 0 Å². The van der Waals surface area contributed by atoms with Gasteiger partial charge in [0.15, 0.2) is 0 Å². The summed E-state index contributed by atoms with van der Waals surface area (Å²) in [5.74, 6) is 0. The topological polar surface area (TPSA) is 17.1 Å². The molecule has 0 bridgehead atoms. The zero-order valence-electron chi connectivity index (χ0n) is 11.3. The van der Waals surface area contributed by atoms with Gasteiger partial charge >= 0.3 is 0 Å². The lowest BCUT2D eigenvalue weighted by molar-refractivity contribution is 0.588. The third-order valence-corrected chi connectivity index (χ3v) is 7.51. The van der Waals surface area contributed by atoms with Crippen molar-refractivity contribution in [2.24, 2.45) is 0 Å². The fourth-order valence-corrected chi connectivity index (χ4v) is 6.08. The summed E-state index contributed by atoms with van der Waals surface area (Å²) in [5, 5.41) is 4.50. The first-order valence-electron chi connectivity index (χ1n) is 6.97. The van der Waals surface area contributed by atoms with Crippen LogP contribution >= 0.6 is 7.14 Å². The standard InChI is InChI=1S/C18H15OP/c1-2-20(19)16-10-6-5-9-15(16)18-14-8-4-3-7-13(14)11-12-17(18)20/h3-12H,2H2,1H3. The van der Waals surface area contributed by atoms with Crippen molar-refractivity contribution in [2.45, 2.75) is 6.92 Å². The lowest BCUT2D eigenvalue weighted by Gasteiger charge is -2.12. The van der Waals surface area contributed by atoms with E-state index in [1.807, 2.05) is 25.1 Å². The van der Waals surface area contributed by atoms with Gasteiger partial charge in [0, 0.05) is 22.3 Å². The molecule has 20 heavy (non-hydrogen) atoms. The number of hydrogen-bond donors (Lipinski definition) is 0. The Labute approximate surface area is 118 Å². The maximum Gasteiger partial charge on any atom is 0.144 e. The second-order valence-corrected chi connectivity index (χ2v) is 8.33. The highest BCUT2D eigenvalue weighted by molar-refractivity contribution is 7.80. The van der Waals surface area contributed by atoms with Gasteiger partial charge in [-0.1, -0.05) is 61.5 Å². The predicted molar refractivity (Wildman–Crippen MR) is 86.8 cm³/mol. The normalized spacial score (nSPS) is 19.9. The van der Waals surface area contributed by atoms with E-state index in [9.17, 15) is 4.57 Å². The maximum absolute atomic E-state index is 13.5. The molecular weight excluding hydrogens is 263 g/mol. The Morgan fingerprint density at radius 1 is 0.850 bits per heavy atom. The molecule has 0 amide bonds. The second-order valence-electron chi connectivity index (χ2n) is 5.25. The Hall–Kier alpha value is -1.85. The Morgan fingerprint density at radius 2 is 1.60 bits per heavy atom. The third-order valence-electron chi connectivity index (χ3n) is 4.30. The highest BCUT2D eigenvalue weighted by Crippen LogP contribution is 2.53. The Balaban J connectivity index is 2.23. The molecule has 1 aliphatic rings. The van der Waals surface area contributed by atoms with Gasteiger partial charge in [-0.2, -0.15) is 0 Å². The molecule has 1 heterocycles. The van der Waals surface area contributed by atoms with Crippen LogP contribution in [0.2, 0.25) is 0 Å². The summed E-state index contributed by atoms with van der Waals surface area (Å²) in [5.41, 5.74) is 2.34. The summed E-state index contributed by atoms with van der Waals surface area (Å²) < 4.78 is 13.5. The molecule has 0 radical (unpaired) electrons. The van der Waals surface area contributed by atoms with E-state index in [2.05, 4.69) is 42.5 Å². The highest BCUT2D eigenvalue weighted by Gasteiger charge is 2.37. The molecule has 2 heteroatoms. The molecule has 1 atom stereocenters. The van der Waals surface area contributed by atoms with Gasteiger partial charge in [-0.05, 0) is 22.4 Å². The van der Waals surface area contributed by atoms with Crippen LogP contribution in [0.4, 0.5) is 0 Å². The largest absolute Gasteiger partial charge is 0.314 e. The molecule has 3 aromatic rings. The van der Waals surface area contributed by atoms with Gasteiger partial charge in [-0.25, -0.2) is 0 Å². The van der Waals surface area contributed by atoms with Gasteiger partial charge in [0.05, 0.1) is 0 Å². The second kappa shape index (κ2) is 4.07. The number of benzene rings is 3. The van der Waals surface area contributed by atoms with Crippen LogP contribution in [0.5, 0.6) is 0 Å². The van der Waals surface area contributed by atoms with E-state index in [0.29, 0.717) is 6.16 Å². The molecule has 0 N–H and O–H groups in total. The van der Waals surface area contributed by atoms with E-state index < -0.39 is 7.14 Å². The SMILES string of the molecule is CCP1(=O)c2ccccc2-c2c1ccc1ccccc21. The molecule has 0 spiro atoms. The summed E-state index contributed by atoms with van der Waals surface area (Å²) in [6.07, 6.45) is 0.690. The summed E-state index contributed by atoms with van der Waals surface area (Å²) in [4.78, 5) is 0. The molecule has 0 saturated heterocycles. The van der Waals surface area contributed by atoms with Crippen LogP contribution in [0.3, 0.4) is 0 Å². The third kappa shape index (κ3) is 1.36. The average Bonchev–Trinajstić information content (AvgIpc) is 2.78. The number of rotatable bonds is 1. The fraction of sp³-hybridized carbons (Fsp3) is 0.111. The minimum absolute atomic E-state index is 0.690. The van der Waals surface area contributed by atoms with Gasteiger partial charge in [0.25, 0.3) is 0 Å². The minimum atomic E-state index is -2.44. The van der Waals surface area contributed by atoms with E-state index >= 15 is 0 Å². The van der Waals surface area contributed by atoms with Crippen molar-refractivity contribution in [2.75, 3.05) is 6.16 Å². The van der Waals surface area contributed by atoms with Gasteiger partial charge < -0.3 is 4.57 Å². The fourth-order valence-electron chi connectivity index (χ4n) is 3.31. The molecule has 3 aromatic carbocycles. The van der Waals surface area contributed by atoms with Crippen LogP contribution in [0, 0.1) is 0 Å². The molecule has 0 aliphatic carbocycles. The van der Waals surface area contributed by atoms with Crippen molar-refractivity contribution in [1.82, 2.24) is 0 Å². The zero-order valence-corrected chi connectivity index (χ0v) is 12.2. The molecule has 1 nitrogen and oxygen atoms in total. The van der Waals surface area contributed by atoms with Crippen LogP contribution in [0.15, 0.2) is 60.7 Å². The highest BCUT2D eigenvalue weighted by atomic mass is 31.2. The molecule has 4 rings (SSSR count). The van der Waals surface area contributed by atoms with Crippen LogP contribution < -0.4 is 10.6 Å².